The average molecular weight is 811 g/mol. The predicted octanol–water partition coefficient (Wildman–Crippen LogP) is 11.3. The first-order valence-corrected chi connectivity index (χ1v) is 21.6. The predicted molar refractivity (Wildman–Crippen MR) is 223 cm³/mol. The highest BCUT2D eigenvalue weighted by Gasteiger charge is 2.28. The molecule has 0 fully saturated rings. The summed E-state index contributed by atoms with van der Waals surface area (Å²) in [5.41, 5.74) is 2.45. The lowest BCUT2D eigenvalue weighted by atomic mass is 9.89. The molecule has 0 spiro atoms. The summed E-state index contributed by atoms with van der Waals surface area (Å²) in [4.78, 5) is 26.4. The Morgan fingerprint density at radius 1 is 0.719 bits per heavy atom. The molecule has 1 unspecified atom stereocenters. The maximum Gasteiger partial charge on any atom is 0.340 e. The minimum absolute atomic E-state index is 0.0348. The molecule has 57 heavy (non-hydrogen) atoms. The maximum absolute atomic E-state index is 14.1. The van der Waals surface area contributed by atoms with Crippen LogP contribution in [0.25, 0.3) is 11.1 Å². The van der Waals surface area contributed by atoms with Crippen molar-refractivity contribution >= 4 is 33.8 Å². The number of carboxylic acid groups (broad SMARTS) is 1. The number of carbonyl (C=O) groups excluding carboxylic acids is 1. The number of carbonyl (C=O) groups is 2. The van der Waals surface area contributed by atoms with Gasteiger partial charge in [-0.05, 0) is 90.2 Å². The van der Waals surface area contributed by atoms with Gasteiger partial charge in [0, 0.05) is 34.4 Å². The molecule has 300 valence electrons. The normalized spacial score (nSPS) is 11.8. The molecule has 0 radical (unpaired) electrons. The van der Waals surface area contributed by atoms with E-state index < -0.39 is 28.2 Å². The Morgan fingerprint density at radius 2 is 1.44 bits per heavy atom. The third kappa shape index (κ3) is 12.4. The fraction of sp³-hybridized carbons (Fsp3) is 0.304. The fourth-order valence-corrected chi connectivity index (χ4v) is 8.52. The van der Waals surface area contributed by atoms with Crippen molar-refractivity contribution in [1.29, 1.82) is 0 Å². The van der Waals surface area contributed by atoms with Crippen molar-refractivity contribution < 1.29 is 41.5 Å². The Bertz CT molecular complexity index is 2190. The van der Waals surface area contributed by atoms with Crippen molar-refractivity contribution in [3.05, 3.63) is 138 Å². The minimum atomic E-state index is -4.39. The van der Waals surface area contributed by atoms with E-state index in [2.05, 4.69) is 13.8 Å². The fourth-order valence-electron chi connectivity index (χ4n) is 6.23. The van der Waals surface area contributed by atoms with Crippen molar-refractivity contribution in [2.24, 2.45) is 0 Å². The number of benzene rings is 5. The Balaban J connectivity index is 1.55. The Kier molecular flexibility index (Phi) is 16.2. The van der Waals surface area contributed by atoms with Crippen LogP contribution in [0, 0.1) is 0 Å². The van der Waals surface area contributed by atoms with Gasteiger partial charge in [0.15, 0.2) is 6.10 Å². The van der Waals surface area contributed by atoms with Gasteiger partial charge in [0.05, 0.1) is 18.8 Å². The number of aromatic carboxylic acids is 1. The number of ether oxygens (including phenoxy) is 3. The van der Waals surface area contributed by atoms with E-state index in [-0.39, 0.29) is 28.4 Å². The van der Waals surface area contributed by atoms with E-state index in [0.717, 1.165) is 54.7 Å². The van der Waals surface area contributed by atoms with Crippen LogP contribution in [0.1, 0.15) is 98.9 Å². The van der Waals surface area contributed by atoms with Gasteiger partial charge in [-0.15, -0.1) is 0 Å². The first-order chi connectivity index (χ1) is 27.6. The van der Waals surface area contributed by atoms with Crippen molar-refractivity contribution in [1.82, 2.24) is 0 Å². The van der Waals surface area contributed by atoms with E-state index in [1.807, 2.05) is 24.3 Å². The van der Waals surface area contributed by atoms with E-state index in [1.165, 1.54) is 37.2 Å². The Morgan fingerprint density at radius 3 is 2.16 bits per heavy atom. The van der Waals surface area contributed by atoms with Gasteiger partial charge in [0.2, 0.25) is 0 Å². The van der Waals surface area contributed by atoms with Crippen molar-refractivity contribution in [3.8, 4) is 22.6 Å². The lowest BCUT2D eigenvalue weighted by Gasteiger charge is -2.23. The molecule has 1 N–H and O–H groups in total. The molecule has 0 saturated heterocycles. The number of para-hydroxylation sites is 1. The lowest BCUT2D eigenvalue weighted by molar-refractivity contribution is -0.144. The summed E-state index contributed by atoms with van der Waals surface area (Å²) in [5, 5.41) is 10.3. The maximum atomic E-state index is 14.1. The van der Waals surface area contributed by atoms with E-state index in [9.17, 15) is 23.1 Å². The number of carboxylic acids is 1. The van der Waals surface area contributed by atoms with Crippen LogP contribution in [0.5, 0.6) is 11.5 Å². The van der Waals surface area contributed by atoms with Gasteiger partial charge < -0.3 is 23.5 Å². The van der Waals surface area contributed by atoms with Crippen LogP contribution in [-0.4, -0.2) is 38.7 Å². The van der Waals surface area contributed by atoms with Crippen LogP contribution in [0.15, 0.2) is 130 Å². The molecule has 11 heteroatoms. The number of unbranched alkanes of at least 4 members (excludes halogenated alkanes) is 5. The summed E-state index contributed by atoms with van der Waals surface area (Å²) < 4.78 is 51.6. The van der Waals surface area contributed by atoms with Crippen molar-refractivity contribution in [3.63, 3.8) is 0 Å². The molecule has 0 aliphatic carbocycles. The lowest BCUT2D eigenvalue weighted by Crippen LogP contribution is -2.16. The van der Waals surface area contributed by atoms with E-state index >= 15 is 0 Å². The number of rotatable bonds is 22. The summed E-state index contributed by atoms with van der Waals surface area (Å²) in [7, 11) is -4.39. The zero-order valence-electron chi connectivity index (χ0n) is 32.6. The first kappa shape index (κ1) is 43.0. The topological polar surface area (TPSA) is 125 Å². The van der Waals surface area contributed by atoms with Gasteiger partial charge in [-0.2, -0.15) is 8.42 Å². The second-order valence-corrected chi connectivity index (χ2v) is 16.2. The second-order valence-electron chi connectivity index (χ2n) is 13.6. The Hall–Kier alpha value is -5.10. The molecule has 5 aromatic rings. The number of esters is 1. The monoisotopic (exact) mass is 810 g/mol. The van der Waals surface area contributed by atoms with Gasteiger partial charge in [0.1, 0.15) is 16.4 Å². The minimum Gasteiger partial charge on any atom is -0.494 e. The zero-order chi connectivity index (χ0) is 40.6. The van der Waals surface area contributed by atoms with E-state index in [0.29, 0.717) is 34.8 Å². The molecular formula is C46H50O9S2. The van der Waals surface area contributed by atoms with Gasteiger partial charge in [-0.1, -0.05) is 112 Å². The third-order valence-corrected chi connectivity index (χ3v) is 11.6. The van der Waals surface area contributed by atoms with Gasteiger partial charge in [-0.25, -0.2) is 4.79 Å². The van der Waals surface area contributed by atoms with Crippen LogP contribution >= 0.6 is 11.8 Å². The smallest absolute Gasteiger partial charge is 0.340 e. The summed E-state index contributed by atoms with van der Waals surface area (Å²) in [6.45, 7) is 6.97. The largest absolute Gasteiger partial charge is 0.494 e. The molecule has 0 heterocycles. The first-order valence-electron chi connectivity index (χ1n) is 19.3. The summed E-state index contributed by atoms with van der Waals surface area (Å²) >= 11 is 1.27. The molecule has 9 nitrogen and oxygen atoms in total. The Labute approximate surface area is 340 Å². The standard InChI is InChI=1S/C46H50O9S2/c1-4-6-8-9-15-28-52-32-34-20-26-41(46(48)49)42(30-34)45(54-33(3)47)40-19-14-13-18-39(40)35-21-27-43(56-38-24-22-36(23-25-38)53-29-7-5-2)44(31-35)57(50,51)55-37-16-11-10-12-17-37/h10-14,16-27,30-31,45H,4-9,15,28-29,32H2,1-3H3,(H,48,49). The SMILES string of the molecule is CCCCCCCOCc1ccc(C(=O)O)c(C(OC(C)=O)c2ccccc2-c2ccc(Sc3ccc(OCCCC)cc3)c(S(=O)(=O)Oc3ccccc3)c2)c1. The van der Waals surface area contributed by atoms with Gasteiger partial charge >= 0.3 is 22.1 Å². The van der Waals surface area contributed by atoms with Crippen molar-refractivity contribution in [2.45, 2.75) is 93.1 Å². The van der Waals surface area contributed by atoms with Crippen LogP contribution in [-0.2, 0) is 31.0 Å². The third-order valence-electron chi connectivity index (χ3n) is 9.11. The number of hydrogen-bond donors (Lipinski definition) is 1. The molecule has 0 amide bonds. The molecule has 0 aliphatic heterocycles. The van der Waals surface area contributed by atoms with Gasteiger partial charge in [-0.3, -0.25) is 4.79 Å². The summed E-state index contributed by atoms with van der Waals surface area (Å²) in [6.07, 6.45) is 6.31. The van der Waals surface area contributed by atoms with E-state index in [4.69, 9.17) is 18.4 Å². The quantitative estimate of drug-likeness (QED) is 0.0410. The van der Waals surface area contributed by atoms with Crippen LogP contribution in [0.3, 0.4) is 0 Å². The summed E-state index contributed by atoms with van der Waals surface area (Å²) in [6, 6.07) is 32.8. The highest BCUT2D eigenvalue weighted by molar-refractivity contribution is 8.00. The van der Waals surface area contributed by atoms with Crippen LogP contribution in [0.2, 0.25) is 0 Å². The van der Waals surface area contributed by atoms with Crippen LogP contribution in [0.4, 0.5) is 0 Å². The van der Waals surface area contributed by atoms with Crippen LogP contribution < -0.4 is 8.92 Å². The number of hydrogen-bond acceptors (Lipinski definition) is 9. The summed E-state index contributed by atoms with van der Waals surface area (Å²) in [5.74, 6) is -0.919. The molecule has 5 aromatic carbocycles. The molecule has 0 saturated carbocycles. The molecule has 0 aliphatic rings. The second kappa shape index (κ2) is 21.4. The zero-order valence-corrected chi connectivity index (χ0v) is 34.3. The van der Waals surface area contributed by atoms with Crippen molar-refractivity contribution in [2.75, 3.05) is 13.2 Å². The van der Waals surface area contributed by atoms with E-state index in [1.54, 1.807) is 78.9 Å². The molecular weight excluding hydrogens is 761 g/mol. The molecule has 5 rings (SSSR count). The average Bonchev–Trinajstić information content (AvgIpc) is 3.20. The highest BCUT2D eigenvalue weighted by Crippen LogP contribution is 2.41. The molecule has 0 bridgehead atoms. The highest BCUT2D eigenvalue weighted by atomic mass is 32.2. The molecule has 0 aromatic heterocycles. The van der Waals surface area contributed by atoms with Gasteiger partial charge in [0.25, 0.3) is 0 Å². The molecule has 1 atom stereocenters.